The summed E-state index contributed by atoms with van der Waals surface area (Å²) in [5, 5.41) is 2.40. The van der Waals surface area contributed by atoms with Crippen molar-refractivity contribution in [1.82, 2.24) is 15.3 Å². The molecule has 4 heteroatoms. The lowest BCUT2D eigenvalue weighted by Gasteiger charge is -2.51. The number of aryl methyl sites for hydroxylation is 2. The molecular formula is C25H31N3O. The molecule has 3 aliphatic heterocycles. The average Bonchev–Trinajstić information content (AvgIpc) is 3.18. The van der Waals surface area contributed by atoms with Crippen LogP contribution in [0.1, 0.15) is 54.5 Å². The summed E-state index contributed by atoms with van der Waals surface area (Å²) >= 11 is 0. The highest BCUT2D eigenvalue weighted by Gasteiger charge is 2.51. The van der Waals surface area contributed by atoms with Crippen molar-refractivity contribution in [3.05, 3.63) is 70.8 Å². The molecule has 5 rings (SSSR count). The van der Waals surface area contributed by atoms with Gasteiger partial charge in [-0.15, -0.1) is 0 Å². The zero-order valence-electron chi connectivity index (χ0n) is 17.7. The molecule has 0 radical (unpaired) electrons. The van der Waals surface area contributed by atoms with Gasteiger partial charge in [-0.25, -0.2) is 0 Å². The van der Waals surface area contributed by atoms with Gasteiger partial charge < -0.3 is 15.1 Å². The van der Waals surface area contributed by atoms with E-state index in [-0.39, 0.29) is 11.8 Å². The Hall–Kier alpha value is -2.30. The summed E-state index contributed by atoms with van der Waals surface area (Å²) in [6.45, 7) is 9.96. The van der Waals surface area contributed by atoms with Gasteiger partial charge in [0.2, 0.25) is 0 Å². The first-order chi connectivity index (χ1) is 14.1. The molecule has 29 heavy (non-hydrogen) atoms. The van der Waals surface area contributed by atoms with Crippen LogP contribution in [-0.4, -0.2) is 35.3 Å². The van der Waals surface area contributed by atoms with Gasteiger partial charge in [-0.05, 0) is 50.6 Å². The quantitative estimate of drug-likeness (QED) is 0.816. The van der Waals surface area contributed by atoms with Crippen molar-refractivity contribution in [3.8, 4) is 5.75 Å². The zero-order chi connectivity index (χ0) is 20.0. The summed E-state index contributed by atoms with van der Waals surface area (Å²) in [5.74, 6) is 1.04. The van der Waals surface area contributed by atoms with Gasteiger partial charge in [0.05, 0.1) is 11.7 Å². The third-order valence-corrected chi connectivity index (χ3v) is 6.68. The molecule has 1 fully saturated rings. The molecular weight excluding hydrogens is 358 g/mol. The Morgan fingerprint density at radius 2 is 1.90 bits per heavy atom. The minimum Gasteiger partial charge on any atom is -0.470 e. The van der Waals surface area contributed by atoms with E-state index in [9.17, 15) is 0 Å². The maximum Gasteiger partial charge on any atom is 0.182 e. The number of hydrazine groups is 1. The number of piperidine rings is 1. The van der Waals surface area contributed by atoms with E-state index in [1.807, 2.05) is 0 Å². The van der Waals surface area contributed by atoms with Crippen molar-refractivity contribution in [3.63, 3.8) is 0 Å². The fourth-order valence-corrected chi connectivity index (χ4v) is 5.09. The normalized spacial score (nSPS) is 23.1. The van der Waals surface area contributed by atoms with E-state index in [1.165, 1.54) is 40.9 Å². The van der Waals surface area contributed by atoms with Gasteiger partial charge in [-0.1, -0.05) is 42.8 Å². The Morgan fingerprint density at radius 1 is 1.10 bits per heavy atom. The first-order valence-corrected chi connectivity index (χ1v) is 11.0. The standard InChI is InChI=1S/C25H31N3O/c1-4-13-27-14-11-25(12-15-27)28-23(20-7-5-6-8-24(20)29-25)17-22(26-28)21-16-18(2)9-10-19(21)3/h5-10,16-17,23,26H,4,11-15H2,1-3H3/t23-/m0/s1. The molecule has 0 saturated carbocycles. The van der Waals surface area contributed by atoms with E-state index >= 15 is 0 Å². The average molecular weight is 390 g/mol. The number of para-hydroxylation sites is 1. The number of hydrogen-bond acceptors (Lipinski definition) is 4. The Kier molecular flexibility index (Phi) is 4.64. The zero-order valence-corrected chi connectivity index (χ0v) is 17.7. The van der Waals surface area contributed by atoms with E-state index in [0.29, 0.717) is 0 Å². The summed E-state index contributed by atoms with van der Waals surface area (Å²) < 4.78 is 6.74. The number of rotatable bonds is 3. The molecule has 4 nitrogen and oxygen atoms in total. The summed E-state index contributed by atoms with van der Waals surface area (Å²) in [7, 11) is 0. The van der Waals surface area contributed by atoms with E-state index in [2.05, 4.69) is 84.6 Å². The highest BCUT2D eigenvalue weighted by atomic mass is 16.5. The number of nitrogens with zero attached hydrogens (tertiary/aromatic N) is 2. The summed E-state index contributed by atoms with van der Waals surface area (Å²) in [6, 6.07) is 15.4. The summed E-state index contributed by atoms with van der Waals surface area (Å²) in [6.07, 6.45) is 5.63. The Bertz CT molecular complexity index is 943. The fourth-order valence-electron chi connectivity index (χ4n) is 5.09. The molecule has 1 saturated heterocycles. The lowest BCUT2D eigenvalue weighted by Crippen LogP contribution is -2.63. The molecule has 3 heterocycles. The number of fused-ring (bicyclic) bond motifs is 4. The van der Waals surface area contributed by atoms with Crippen LogP contribution in [-0.2, 0) is 0 Å². The van der Waals surface area contributed by atoms with Crippen LogP contribution < -0.4 is 10.2 Å². The predicted octanol–water partition coefficient (Wildman–Crippen LogP) is 4.80. The van der Waals surface area contributed by atoms with Gasteiger partial charge >= 0.3 is 0 Å². The van der Waals surface area contributed by atoms with E-state index < -0.39 is 0 Å². The molecule has 2 aromatic rings. The van der Waals surface area contributed by atoms with Crippen molar-refractivity contribution in [2.24, 2.45) is 0 Å². The van der Waals surface area contributed by atoms with Crippen LogP contribution in [0, 0.1) is 13.8 Å². The second-order valence-electron chi connectivity index (χ2n) is 8.75. The van der Waals surface area contributed by atoms with Gasteiger partial charge in [-0.2, -0.15) is 5.01 Å². The molecule has 0 amide bonds. The fraction of sp³-hybridized carbons (Fsp3) is 0.440. The number of likely N-dealkylation sites (tertiary alicyclic amines) is 1. The molecule has 152 valence electrons. The monoisotopic (exact) mass is 389 g/mol. The first-order valence-electron chi connectivity index (χ1n) is 11.0. The maximum atomic E-state index is 6.74. The van der Waals surface area contributed by atoms with Gasteiger partial charge in [0.15, 0.2) is 5.72 Å². The van der Waals surface area contributed by atoms with Crippen molar-refractivity contribution in [2.45, 2.75) is 51.8 Å². The van der Waals surface area contributed by atoms with E-state index in [4.69, 9.17) is 4.74 Å². The van der Waals surface area contributed by atoms with E-state index in [1.54, 1.807) is 0 Å². The summed E-state index contributed by atoms with van der Waals surface area (Å²) in [5.41, 5.74) is 9.81. The third-order valence-electron chi connectivity index (χ3n) is 6.68. The molecule has 1 N–H and O–H groups in total. The third kappa shape index (κ3) is 3.15. The minimum atomic E-state index is -0.292. The highest BCUT2D eigenvalue weighted by Crippen LogP contribution is 2.48. The molecule has 2 aromatic carbocycles. The van der Waals surface area contributed by atoms with Gasteiger partial charge in [-0.3, -0.25) is 0 Å². The van der Waals surface area contributed by atoms with Crippen molar-refractivity contribution in [1.29, 1.82) is 0 Å². The topological polar surface area (TPSA) is 27.7 Å². The van der Waals surface area contributed by atoms with Crippen LogP contribution in [0.15, 0.2) is 48.5 Å². The van der Waals surface area contributed by atoms with Crippen molar-refractivity contribution in [2.75, 3.05) is 19.6 Å². The van der Waals surface area contributed by atoms with Gasteiger partial charge in [0, 0.05) is 37.1 Å². The van der Waals surface area contributed by atoms with Gasteiger partial charge in [0.1, 0.15) is 5.75 Å². The van der Waals surface area contributed by atoms with Crippen LogP contribution in [0.2, 0.25) is 0 Å². The Labute approximate surface area is 174 Å². The maximum absolute atomic E-state index is 6.74. The van der Waals surface area contributed by atoms with Gasteiger partial charge in [0.25, 0.3) is 0 Å². The second kappa shape index (κ2) is 7.19. The minimum absolute atomic E-state index is 0.201. The number of ether oxygens (including phenoxy) is 1. The first kappa shape index (κ1) is 18.7. The Balaban J connectivity index is 1.52. The van der Waals surface area contributed by atoms with E-state index in [0.717, 1.165) is 31.7 Å². The molecule has 3 aliphatic rings. The van der Waals surface area contributed by atoms with Crippen LogP contribution in [0.5, 0.6) is 5.75 Å². The smallest absolute Gasteiger partial charge is 0.182 e. The SMILES string of the molecule is CCCN1CCC2(CC1)Oc1ccccc1[C@@H]1C=C(c3cc(C)ccc3C)NN12. The molecule has 0 unspecified atom stereocenters. The number of nitrogens with one attached hydrogen (secondary N) is 1. The van der Waals surface area contributed by atoms with Crippen LogP contribution >= 0.6 is 0 Å². The predicted molar refractivity (Wildman–Crippen MR) is 117 cm³/mol. The lowest BCUT2D eigenvalue weighted by atomic mass is 9.92. The molecule has 1 spiro atoms. The number of benzene rings is 2. The van der Waals surface area contributed by atoms with Crippen LogP contribution in [0.25, 0.3) is 5.70 Å². The number of hydrogen-bond donors (Lipinski definition) is 1. The van der Waals surface area contributed by atoms with Crippen molar-refractivity contribution >= 4 is 5.70 Å². The van der Waals surface area contributed by atoms with Crippen LogP contribution in [0.4, 0.5) is 0 Å². The molecule has 0 aromatic heterocycles. The molecule has 1 atom stereocenters. The van der Waals surface area contributed by atoms with Crippen molar-refractivity contribution < 1.29 is 4.74 Å². The van der Waals surface area contributed by atoms with Crippen LogP contribution in [0.3, 0.4) is 0 Å². The summed E-state index contributed by atoms with van der Waals surface area (Å²) in [4.78, 5) is 2.57. The molecule has 0 aliphatic carbocycles. The highest BCUT2D eigenvalue weighted by molar-refractivity contribution is 5.70. The lowest BCUT2D eigenvalue weighted by molar-refractivity contribution is -0.159. The molecule has 0 bridgehead atoms. The largest absolute Gasteiger partial charge is 0.470 e. The second-order valence-corrected chi connectivity index (χ2v) is 8.75. The Morgan fingerprint density at radius 3 is 2.69 bits per heavy atom.